The number of nitrogens with zero attached hydrogens (tertiary/aromatic N) is 4. The summed E-state index contributed by atoms with van der Waals surface area (Å²) in [5.74, 6) is 1.76. The minimum Gasteiger partial charge on any atom is -0.489 e. The summed E-state index contributed by atoms with van der Waals surface area (Å²) in [6, 6.07) is 12.1. The Balaban J connectivity index is 1.31. The van der Waals surface area contributed by atoms with E-state index in [1.165, 1.54) is 16.7 Å². The summed E-state index contributed by atoms with van der Waals surface area (Å²) >= 11 is 0. The molecule has 5 heteroatoms. The highest BCUT2D eigenvalue weighted by molar-refractivity contribution is 5.62. The number of aromatic nitrogens is 3. The summed E-state index contributed by atoms with van der Waals surface area (Å²) in [6.07, 6.45) is 8.74. The summed E-state index contributed by atoms with van der Waals surface area (Å²) in [6.45, 7) is 3.46. The van der Waals surface area contributed by atoms with Crippen LogP contribution >= 0.6 is 0 Å². The van der Waals surface area contributed by atoms with Crippen LogP contribution in [0.25, 0.3) is 17.5 Å². The molecule has 0 bridgehead atoms. The summed E-state index contributed by atoms with van der Waals surface area (Å²) in [7, 11) is 0. The van der Waals surface area contributed by atoms with Gasteiger partial charge < -0.3 is 4.74 Å². The monoisotopic (exact) mass is 356 g/mol. The standard InChI is InChI=1S/C22H20N4O/c1-2-4-21-18(3-1)11-16(15-27-21)13-26-10-7-20-19(14-26)12-24-22(25-20)17-5-8-23-9-6-17/h1-6,8-9,11-12H,7,10,13-15H2. The fraction of sp³-hybridized carbons (Fsp3) is 0.227. The fourth-order valence-electron chi connectivity index (χ4n) is 3.69. The molecule has 0 unspecified atom stereocenters. The molecule has 0 atom stereocenters. The van der Waals surface area contributed by atoms with Gasteiger partial charge in [0.15, 0.2) is 5.82 Å². The largest absolute Gasteiger partial charge is 0.489 e. The van der Waals surface area contributed by atoms with E-state index in [1.54, 1.807) is 12.4 Å². The molecular weight excluding hydrogens is 336 g/mol. The van der Waals surface area contributed by atoms with Crippen LogP contribution in [0.2, 0.25) is 0 Å². The number of pyridine rings is 1. The zero-order valence-electron chi connectivity index (χ0n) is 15.0. The van der Waals surface area contributed by atoms with Gasteiger partial charge in [-0.25, -0.2) is 9.97 Å². The highest BCUT2D eigenvalue weighted by Crippen LogP contribution is 2.27. The van der Waals surface area contributed by atoms with Gasteiger partial charge in [-0.05, 0) is 29.8 Å². The van der Waals surface area contributed by atoms with Crippen molar-refractivity contribution >= 4 is 6.08 Å². The summed E-state index contributed by atoms with van der Waals surface area (Å²) in [5.41, 5.74) is 5.87. The van der Waals surface area contributed by atoms with Crippen LogP contribution in [-0.2, 0) is 13.0 Å². The molecular formula is C22H20N4O. The van der Waals surface area contributed by atoms with Gasteiger partial charge in [-0.1, -0.05) is 18.2 Å². The van der Waals surface area contributed by atoms with Crippen LogP contribution in [-0.4, -0.2) is 39.5 Å². The first-order valence-electron chi connectivity index (χ1n) is 9.24. The second-order valence-electron chi connectivity index (χ2n) is 6.99. The Morgan fingerprint density at radius 1 is 1.07 bits per heavy atom. The van der Waals surface area contributed by atoms with Gasteiger partial charge in [0.25, 0.3) is 0 Å². The molecule has 1 aromatic carbocycles. The van der Waals surface area contributed by atoms with Crippen molar-refractivity contribution in [2.45, 2.75) is 13.0 Å². The van der Waals surface area contributed by atoms with Gasteiger partial charge in [-0.3, -0.25) is 9.88 Å². The van der Waals surface area contributed by atoms with Gasteiger partial charge in [0.2, 0.25) is 0 Å². The minimum atomic E-state index is 0.665. The Labute approximate surface area is 158 Å². The predicted octanol–water partition coefficient (Wildman–Crippen LogP) is 3.37. The lowest BCUT2D eigenvalue weighted by molar-refractivity contribution is 0.255. The Hall–Kier alpha value is -3.05. The van der Waals surface area contributed by atoms with E-state index in [4.69, 9.17) is 9.72 Å². The van der Waals surface area contributed by atoms with Crippen LogP contribution in [0.1, 0.15) is 16.8 Å². The summed E-state index contributed by atoms with van der Waals surface area (Å²) in [5, 5.41) is 0. The van der Waals surface area contributed by atoms with E-state index in [2.05, 4.69) is 33.1 Å². The topological polar surface area (TPSA) is 51.1 Å². The number of hydrogen-bond acceptors (Lipinski definition) is 5. The van der Waals surface area contributed by atoms with E-state index in [1.807, 2.05) is 30.5 Å². The van der Waals surface area contributed by atoms with E-state index in [0.29, 0.717) is 6.61 Å². The molecule has 0 amide bonds. The van der Waals surface area contributed by atoms with Crippen molar-refractivity contribution in [1.29, 1.82) is 0 Å². The predicted molar refractivity (Wildman–Crippen MR) is 104 cm³/mol. The van der Waals surface area contributed by atoms with Crippen molar-refractivity contribution < 1.29 is 4.74 Å². The molecule has 2 aliphatic rings. The van der Waals surface area contributed by atoms with Crippen molar-refractivity contribution in [3.05, 3.63) is 77.4 Å². The molecule has 27 heavy (non-hydrogen) atoms. The Bertz CT molecular complexity index is 1000. The van der Waals surface area contributed by atoms with Crippen LogP contribution < -0.4 is 4.74 Å². The first-order chi connectivity index (χ1) is 13.3. The zero-order valence-corrected chi connectivity index (χ0v) is 15.0. The van der Waals surface area contributed by atoms with E-state index < -0.39 is 0 Å². The summed E-state index contributed by atoms with van der Waals surface area (Å²) in [4.78, 5) is 15.9. The lowest BCUT2D eigenvalue weighted by Crippen LogP contribution is -2.34. The van der Waals surface area contributed by atoms with Gasteiger partial charge in [0.1, 0.15) is 12.4 Å². The van der Waals surface area contributed by atoms with Crippen LogP contribution in [0.3, 0.4) is 0 Å². The molecule has 2 aromatic heterocycles. The van der Waals surface area contributed by atoms with E-state index >= 15 is 0 Å². The number of para-hydroxylation sites is 1. The van der Waals surface area contributed by atoms with E-state index in [9.17, 15) is 0 Å². The number of fused-ring (bicyclic) bond motifs is 2. The molecule has 5 nitrogen and oxygen atoms in total. The Morgan fingerprint density at radius 2 is 1.96 bits per heavy atom. The van der Waals surface area contributed by atoms with E-state index in [0.717, 1.165) is 48.9 Å². The SMILES string of the molecule is C1=C(CN2CCc3nc(-c4ccncc4)ncc3C2)COc2ccccc21. The van der Waals surface area contributed by atoms with Crippen molar-refractivity contribution in [3.63, 3.8) is 0 Å². The van der Waals surface area contributed by atoms with E-state index in [-0.39, 0.29) is 0 Å². The molecule has 0 N–H and O–H groups in total. The normalized spacial score (nSPS) is 16.1. The van der Waals surface area contributed by atoms with Gasteiger partial charge >= 0.3 is 0 Å². The molecule has 5 rings (SSSR count). The minimum absolute atomic E-state index is 0.665. The molecule has 134 valence electrons. The van der Waals surface area contributed by atoms with Gasteiger partial charge in [-0.2, -0.15) is 0 Å². The van der Waals surface area contributed by atoms with Crippen LogP contribution in [0.5, 0.6) is 5.75 Å². The molecule has 3 aromatic rings. The molecule has 0 fully saturated rings. The first-order valence-corrected chi connectivity index (χ1v) is 9.24. The Kier molecular flexibility index (Phi) is 4.14. The van der Waals surface area contributed by atoms with Gasteiger partial charge in [0.05, 0.1) is 5.69 Å². The molecule has 0 saturated heterocycles. The quantitative estimate of drug-likeness (QED) is 0.720. The zero-order chi connectivity index (χ0) is 18.1. The molecule has 0 radical (unpaired) electrons. The third kappa shape index (κ3) is 3.34. The molecule has 0 saturated carbocycles. The number of rotatable bonds is 3. The number of ether oxygens (including phenoxy) is 1. The average Bonchev–Trinajstić information content (AvgIpc) is 2.74. The highest BCUT2D eigenvalue weighted by atomic mass is 16.5. The maximum Gasteiger partial charge on any atom is 0.159 e. The van der Waals surface area contributed by atoms with Crippen molar-refractivity contribution in [3.8, 4) is 17.1 Å². The third-order valence-electron chi connectivity index (χ3n) is 5.07. The van der Waals surface area contributed by atoms with Crippen LogP contribution in [0.15, 0.2) is 60.6 Å². The fourth-order valence-corrected chi connectivity index (χ4v) is 3.69. The average molecular weight is 356 g/mol. The molecule has 2 aliphatic heterocycles. The highest BCUT2D eigenvalue weighted by Gasteiger charge is 2.21. The maximum absolute atomic E-state index is 5.89. The maximum atomic E-state index is 5.89. The summed E-state index contributed by atoms with van der Waals surface area (Å²) < 4.78 is 5.89. The lowest BCUT2D eigenvalue weighted by Gasteiger charge is -2.30. The molecule has 0 aliphatic carbocycles. The van der Waals surface area contributed by atoms with Crippen LogP contribution in [0.4, 0.5) is 0 Å². The van der Waals surface area contributed by atoms with Crippen LogP contribution in [0, 0.1) is 0 Å². The van der Waals surface area contributed by atoms with Gasteiger partial charge in [0, 0.05) is 61.3 Å². The third-order valence-corrected chi connectivity index (χ3v) is 5.07. The van der Waals surface area contributed by atoms with Crippen molar-refractivity contribution in [2.75, 3.05) is 19.7 Å². The van der Waals surface area contributed by atoms with Crippen molar-refractivity contribution in [2.24, 2.45) is 0 Å². The van der Waals surface area contributed by atoms with Gasteiger partial charge in [-0.15, -0.1) is 0 Å². The Morgan fingerprint density at radius 3 is 2.89 bits per heavy atom. The number of benzene rings is 1. The smallest absolute Gasteiger partial charge is 0.159 e. The lowest BCUT2D eigenvalue weighted by atomic mass is 10.0. The number of hydrogen-bond donors (Lipinski definition) is 0. The molecule has 0 spiro atoms. The second kappa shape index (κ2) is 6.93. The first kappa shape index (κ1) is 16.1. The van der Waals surface area contributed by atoms with Crippen molar-refractivity contribution in [1.82, 2.24) is 19.9 Å². The molecule has 4 heterocycles. The second-order valence-corrected chi connectivity index (χ2v) is 6.99.